The first-order valence-electron chi connectivity index (χ1n) is 6.58. The van der Waals surface area contributed by atoms with Crippen LogP contribution in [-0.4, -0.2) is 19.0 Å². The lowest BCUT2D eigenvalue weighted by Crippen LogP contribution is -2.12. The first kappa shape index (κ1) is 14.7. The van der Waals surface area contributed by atoms with Crippen LogP contribution >= 0.6 is 0 Å². The molecule has 5 nitrogen and oxygen atoms in total. The molecule has 2 N–H and O–H groups in total. The van der Waals surface area contributed by atoms with Gasteiger partial charge in [0.2, 0.25) is 0 Å². The van der Waals surface area contributed by atoms with Crippen LogP contribution in [0.4, 0.5) is 5.69 Å². The van der Waals surface area contributed by atoms with Gasteiger partial charge in [-0.3, -0.25) is 4.21 Å². The van der Waals surface area contributed by atoms with E-state index in [0.29, 0.717) is 22.3 Å². The minimum absolute atomic E-state index is 0.333. The highest BCUT2D eigenvalue weighted by atomic mass is 32.2. The van der Waals surface area contributed by atoms with Crippen molar-refractivity contribution < 1.29 is 4.21 Å². The zero-order chi connectivity index (χ0) is 14.7. The number of aryl methyl sites for hydroxylation is 1. The van der Waals surface area contributed by atoms with E-state index in [9.17, 15) is 4.21 Å². The highest BCUT2D eigenvalue weighted by Gasteiger charge is 2.13. The fraction of sp³-hybridized carbons (Fsp3) is 0.429. The number of rotatable bonds is 5. The molecule has 1 aromatic heterocycles. The van der Waals surface area contributed by atoms with Crippen molar-refractivity contribution >= 4 is 16.5 Å². The number of nitrogens with zero attached hydrogens (tertiary/aromatic N) is 3. The highest BCUT2D eigenvalue weighted by molar-refractivity contribution is 7.84. The summed E-state index contributed by atoms with van der Waals surface area (Å²) in [5.74, 6) is 1.53. The molecule has 0 spiro atoms. The first-order chi connectivity index (χ1) is 9.47. The molecule has 2 rings (SSSR count). The molecular weight excluding hydrogens is 272 g/mol. The molecule has 0 saturated heterocycles. The summed E-state index contributed by atoms with van der Waals surface area (Å²) in [6.45, 7) is 6.96. The van der Waals surface area contributed by atoms with E-state index in [1.807, 2.05) is 29.8 Å². The summed E-state index contributed by atoms with van der Waals surface area (Å²) in [5.41, 5.74) is 7.56. The van der Waals surface area contributed by atoms with Crippen molar-refractivity contribution in [3.8, 4) is 0 Å². The second kappa shape index (κ2) is 6.17. The van der Waals surface area contributed by atoms with Gasteiger partial charge in [0.05, 0.1) is 21.4 Å². The molecule has 0 aliphatic carbocycles. The Balaban J connectivity index is 2.17. The number of hydrogen-bond acceptors (Lipinski definition) is 4. The molecule has 0 aliphatic heterocycles. The molecule has 0 amide bonds. The van der Waals surface area contributed by atoms with Crippen molar-refractivity contribution in [3.63, 3.8) is 0 Å². The van der Waals surface area contributed by atoms with Crippen molar-refractivity contribution in [1.82, 2.24) is 14.8 Å². The first-order valence-corrected chi connectivity index (χ1v) is 7.90. The van der Waals surface area contributed by atoms with Gasteiger partial charge in [-0.05, 0) is 30.5 Å². The molecule has 1 heterocycles. The molecule has 0 bridgehead atoms. The Kier molecular flexibility index (Phi) is 4.54. The van der Waals surface area contributed by atoms with Crippen LogP contribution < -0.4 is 5.73 Å². The summed E-state index contributed by atoms with van der Waals surface area (Å²) < 4.78 is 14.2. The number of hydrogen-bond donors (Lipinski definition) is 1. The van der Waals surface area contributed by atoms with E-state index >= 15 is 0 Å². The number of anilines is 1. The lowest BCUT2D eigenvalue weighted by atomic mass is 10.2. The molecule has 0 fully saturated rings. The summed E-state index contributed by atoms with van der Waals surface area (Å²) in [4.78, 5) is 4.86. The molecule has 6 heteroatoms. The third-order valence-electron chi connectivity index (χ3n) is 2.90. The van der Waals surface area contributed by atoms with Gasteiger partial charge in [-0.2, -0.15) is 5.10 Å². The zero-order valence-corrected chi connectivity index (χ0v) is 12.9. The topological polar surface area (TPSA) is 73.8 Å². The maximum absolute atomic E-state index is 12.4. The normalized spacial score (nSPS) is 12.8. The standard InChI is InChI=1S/C14H20N4OS/c1-10(2)7-18-14(16-9-17-18)8-20(19)13-5-4-11(3)6-12(13)15/h4-6,9-10H,7-8,15H2,1-3H3. The molecular formula is C14H20N4OS. The van der Waals surface area contributed by atoms with Crippen LogP contribution in [0.1, 0.15) is 25.2 Å². The van der Waals surface area contributed by atoms with Crippen molar-refractivity contribution in [2.75, 3.05) is 5.73 Å². The Morgan fingerprint density at radius 1 is 1.40 bits per heavy atom. The van der Waals surface area contributed by atoms with E-state index in [-0.39, 0.29) is 0 Å². The smallest absolute Gasteiger partial charge is 0.139 e. The SMILES string of the molecule is Cc1ccc(S(=O)Cc2ncnn2CC(C)C)c(N)c1. The summed E-state index contributed by atoms with van der Waals surface area (Å²) in [6.07, 6.45) is 1.51. The van der Waals surface area contributed by atoms with E-state index in [1.165, 1.54) is 6.33 Å². The Labute approximate surface area is 121 Å². The predicted molar refractivity (Wildman–Crippen MR) is 80.6 cm³/mol. The van der Waals surface area contributed by atoms with E-state index in [1.54, 1.807) is 0 Å². The van der Waals surface area contributed by atoms with E-state index in [4.69, 9.17) is 5.73 Å². The number of nitrogens with two attached hydrogens (primary N) is 1. The number of benzene rings is 1. The largest absolute Gasteiger partial charge is 0.398 e. The summed E-state index contributed by atoms with van der Waals surface area (Å²) in [6, 6.07) is 5.58. The van der Waals surface area contributed by atoms with Gasteiger partial charge >= 0.3 is 0 Å². The summed E-state index contributed by atoms with van der Waals surface area (Å²) in [7, 11) is -1.21. The summed E-state index contributed by atoms with van der Waals surface area (Å²) >= 11 is 0. The fourth-order valence-electron chi connectivity index (χ4n) is 1.97. The van der Waals surface area contributed by atoms with Gasteiger partial charge in [0.25, 0.3) is 0 Å². The van der Waals surface area contributed by atoms with E-state index < -0.39 is 10.8 Å². The maximum atomic E-state index is 12.4. The van der Waals surface area contributed by atoms with Gasteiger partial charge in [-0.15, -0.1) is 0 Å². The lowest BCUT2D eigenvalue weighted by molar-refractivity contribution is 0.471. The minimum atomic E-state index is -1.21. The molecule has 108 valence electrons. The lowest BCUT2D eigenvalue weighted by Gasteiger charge is -2.09. The van der Waals surface area contributed by atoms with Gasteiger partial charge in [0.15, 0.2) is 0 Å². The van der Waals surface area contributed by atoms with Crippen molar-refractivity contribution in [2.45, 2.75) is 38.0 Å². The average molecular weight is 292 g/mol. The third-order valence-corrected chi connectivity index (χ3v) is 4.29. The van der Waals surface area contributed by atoms with Crippen LogP contribution in [0, 0.1) is 12.8 Å². The summed E-state index contributed by atoms with van der Waals surface area (Å²) in [5, 5.41) is 4.18. The molecule has 1 aromatic carbocycles. The van der Waals surface area contributed by atoms with Crippen LogP contribution in [0.25, 0.3) is 0 Å². The minimum Gasteiger partial charge on any atom is -0.398 e. The molecule has 0 radical (unpaired) electrons. The highest BCUT2D eigenvalue weighted by Crippen LogP contribution is 2.20. The molecule has 20 heavy (non-hydrogen) atoms. The van der Waals surface area contributed by atoms with Gasteiger partial charge in [0.1, 0.15) is 12.2 Å². The van der Waals surface area contributed by atoms with Crippen LogP contribution in [0.5, 0.6) is 0 Å². The van der Waals surface area contributed by atoms with Gasteiger partial charge < -0.3 is 5.73 Å². The van der Waals surface area contributed by atoms with E-state index in [2.05, 4.69) is 23.9 Å². The molecule has 0 saturated carbocycles. The fourth-order valence-corrected chi connectivity index (χ4v) is 3.12. The van der Waals surface area contributed by atoms with Crippen LogP contribution in [0.15, 0.2) is 29.4 Å². The van der Waals surface area contributed by atoms with Crippen LogP contribution in [0.3, 0.4) is 0 Å². The van der Waals surface area contributed by atoms with Gasteiger partial charge in [-0.25, -0.2) is 9.67 Å². The molecule has 0 aliphatic rings. The number of aromatic nitrogens is 3. The Morgan fingerprint density at radius 3 is 2.80 bits per heavy atom. The average Bonchev–Trinajstić information content (AvgIpc) is 2.75. The van der Waals surface area contributed by atoms with Crippen molar-refractivity contribution in [1.29, 1.82) is 0 Å². The van der Waals surface area contributed by atoms with Gasteiger partial charge in [0, 0.05) is 12.2 Å². The Hall–Kier alpha value is -1.69. The quantitative estimate of drug-likeness (QED) is 0.857. The monoisotopic (exact) mass is 292 g/mol. The molecule has 1 atom stereocenters. The van der Waals surface area contributed by atoms with Crippen molar-refractivity contribution in [2.24, 2.45) is 5.92 Å². The van der Waals surface area contributed by atoms with Gasteiger partial charge in [-0.1, -0.05) is 19.9 Å². The maximum Gasteiger partial charge on any atom is 0.139 e. The van der Waals surface area contributed by atoms with Crippen molar-refractivity contribution in [3.05, 3.63) is 35.9 Å². The third kappa shape index (κ3) is 3.45. The molecule has 1 unspecified atom stereocenters. The Morgan fingerprint density at radius 2 is 2.15 bits per heavy atom. The predicted octanol–water partition coefficient (Wildman–Crippen LogP) is 2.13. The second-order valence-electron chi connectivity index (χ2n) is 5.28. The number of nitrogen functional groups attached to an aromatic ring is 1. The zero-order valence-electron chi connectivity index (χ0n) is 12.0. The van der Waals surface area contributed by atoms with E-state index in [0.717, 1.165) is 17.9 Å². The Bertz CT molecular complexity index is 621. The second-order valence-corrected chi connectivity index (χ2v) is 6.70. The van der Waals surface area contributed by atoms with Crippen LogP contribution in [0.2, 0.25) is 0 Å². The molecule has 2 aromatic rings. The van der Waals surface area contributed by atoms with Crippen LogP contribution in [-0.2, 0) is 23.1 Å².